The van der Waals surface area contributed by atoms with E-state index >= 15 is 0 Å². The average Bonchev–Trinajstić information content (AvgIpc) is 2.74. The zero-order valence-electron chi connectivity index (χ0n) is 10.2. The summed E-state index contributed by atoms with van der Waals surface area (Å²) in [7, 11) is 0. The highest BCUT2D eigenvalue weighted by Crippen LogP contribution is 2.26. The number of hydrogen-bond donors (Lipinski definition) is 2. The van der Waals surface area contributed by atoms with E-state index in [4.69, 9.17) is 11.6 Å². The minimum Gasteiger partial charge on any atom is -0.379 e. The second kappa shape index (κ2) is 6.58. The zero-order valence-corrected chi connectivity index (χ0v) is 13.9. The molecule has 0 aliphatic rings. The highest BCUT2D eigenvalue weighted by atomic mass is 127. The molecule has 0 fully saturated rings. The molecule has 0 unspecified atom stereocenters. The summed E-state index contributed by atoms with van der Waals surface area (Å²) in [5.41, 5.74) is 1.90. The first-order chi connectivity index (χ1) is 9.06. The molecule has 0 aliphatic carbocycles. The van der Waals surface area contributed by atoms with Crippen LogP contribution in [0.3, 0.4) is 0 Å². The zero-order chi connectivity index (χ0) is 13.8. The second-order valence-corrected chi connectivity index (χ2v) is 6.52. The van der Waals surface area contributed by atoms with Crippen LogP contribution in [-0.4, -0.2) is 5.91 Å². The number of anilines is 2. The number of thiophene rings is 1. The van der Waals surface area contributed by atoms with Crippen LogP contribution in [0.15, 0.2) is 29.6 Å². The Hall–Kier alpha value is -0.790. The highest BCUT2D eigenvalue weighted by Gasteiger charge is 2.06. The Morgan fingerprint density at radius 3 is 2.84 bits per heavy atom. The van der Waals surface area contributed by atoms with Gasteiger partial charge in [0.15, 0.2) is 0 Å². The Balaban J connectivity index is 2.06. The van der Waals surface area contributed by atoms with Gasteiger partial charge < -0.3 is 10.6 Å². The molecule has 1 aromatic heterocycles. The van der Waals surface area contributed by atoms with Crippen molar-refractivity contribution in [1.82, 2.24) is 0 Å². The van der Waals surface area contributed by atoms with Gasteiger partial charge in [0, 0.05) is 26.1 Å². The van der Waals surface area contributed by atoms with Gasteiger partial charge in [0.2, 0.25) is 5.91 Å². The van der Waals surface area contributed by atoms with Gasteiger partial charge in [-0.05, 0) is 52.2 Å². The Morgan fingerprint density at radius 1 is 1.37 bits per heavy atom. The SMILES string of the molecule is CC(=O)Nc1ccsc1CNc1ccc(Cl)cc1I. The highest BCUT2D eigenvalue weighted by molar-refractivity contribution is 14.1. The van der Waals surface area contributed by atoms with Crippen molar-refractivity contribution in [3.05, 3.63) is 43.1 Å². The van der Waals surface area contributed by atoms with Gasteiger partial charge in [-0.2, -0.15) is 0 Å². The van der Waals surface area contributed by atoms with Crippen LogP contribution < -0.4 is 10.6 Å². The second-order valence-electron chi connectivity index (χ2n) is 3.92. The summed E-state index contributed by atoms with van der Waals surface area (Å²) in [4.78, 5) is 12.2. The fourth-order valence-corrected chi connectivity index (χ4v) is 3.42. The maximum Gasteiger partial charge on any atom is 0.221 e. The first kappa shape index (κ1) is 14.6. The van der Waals surface area contributed by atoms with Gasteiger partial charge >= 0.3 is 0 Å². The van der Waals surface area contributed by atoms with Crippen LogP contribution in [0.5, 0.6) is 0 Å². The van der Waals surface area contributed by atoms with Gasteiger partial charge in [-0.1, -0.05) is 11.6 Å². The lowest BCUT2D eigenvalue weighted by atomic mass is 10.3. The number of carbonyl (C=O) groups is 1. The van der Waals surface area contributed by atoms with Gasteiger partial charge in [0.05, 0.1) is 12.2 Å². The molecule has 2 aromatic rings. The molecule has 1 aromatic carbocycles. The van der Waals surface area contributed by atoms with Crippen LogP contribution in [0.2, 0.25) is 5.02 Å². The fourth-order valence-electron chi connectivity index (χ4n) is 1.59. The van der Waals surface area contributed by atoms with E-state index in [1.165, 1.54) is 6.92 Å². The standard InChI is InChI=1S/C13H12ClIN2OS/c1-8(18)17-12-4-5-19-13(12)7-16-11-3-2-9(14)6-10(11)15/h2-6,16H,7H2,1H3,(H,17,18). The molecule has 19 heavy (non-hydrogen) atoms. The lowest BCUT2D eigenvalue weighted by Gasteiger charge is -2.09. The number of amides is 1. The Labute approximate surface area is 134 Å². The van der Waals surface area contributed by atoms with E-state index < -0.39 is 0 Å². The number of halogens is 2. The average molecular weight is 407 g/mol. The van der Waals surface area contributed by atoms with E-state index in [9.17, 15) is 4.79 Å². The third-order valence-electron chi connectivity index (χ3n) is 2.43. The Morgan fingerprint density at radius 2 is 2.16 bits per heavy atom. The summed E-state index contributed by atoms with van der Waals surface area (Å²) in [6.07, 6.45) is 0. The predicted octanol–water partition coefficient (Wildman–Crippen LogP) is 4.58. The van der Waals surface area contributed by atoms with Gasteiger partial charge in [-0.3, -0.25) is 4.79 Å². The van der Waals surface area contributed by atoms with E-state index in [1.54, 1.807) is 11.3 Å². The van der Waals surface area contributed by atoms with Crippen molar-refractivity contribution in [1.29, 1.82) is 0 Å². The largest absolute Gasteiger partial charge is 0.379 e. The summed E-state index contributed by atoms with van der Waals surface area (Å²) < 4.78 is 1.07. The van der Waals surface area contributed by atoms with Gasteiger partial charge in [0.1, 0.15) is 0 Å². The lowest BCUT2D eigenvalue weighted by molar-refractivity contribution is -0.114. The van der Waals surface area contributed by atoms with Crippen LogP contribution in [0.25, 0.3) is 0 Å². The quantitative estimate of drug-likeness (QED) is 0.730. The molecular weight excluding hydrogens is 395 g/mol. The van der Waals surface area contributed by atoms with E-state index in [0.717, 1.165) is 24.8 Å². The maximum absolute atomic E-state index is 11.1. The molecule has 0 aliphatic heterocycles. The molecule has 0 bridgehead atoms. The van der Waals surface area contributed by atoms with E-state index in [0.29, 0.717) is 6.54 Å². The Bertz CT molecular complexity index is 600. The topological polar surface area (TPSA) is 41.1 Å². The van der Waals surface area contributed by atoms with Gasteiger partial charge in [-0.15, -0.1) is 11.3 Å². The lowest BCUT2D eigenvalue weighted by Crippen LogP contribution is -2.08. The van der Waals surface area contributed by atoms with E-state index in [-0.39, 0.29) is 5.91 Å². The molecule has 2 rings (SSSR count). The van der Waals surface area contributed by atoms with Crippen molar-refractivity contribution >= 4 is 62.8 Å². The van der Waals surface area contributed by atoms with Crippen molar-refractivity contribution < 1.29 is 4.79 Å². The smallest absolute Gasteiger partial charge is 0.221 e. The van der Waals surface area contributed by atoms with Crippen LogP contribution in [-0.2, 0) is 11.3 Å². The molecule has 2 N–H and O–H groups in total. The number of carbonyl (C=O) groups excluding carboxylic acids is 1. The maximum atomic E-state index is 11.1. The monoisotopic (exact) mass is 406 g/mol. The molecule has 100 valence electrons. The molecule has 6 heteroatoms. The number of benzene rings is 1. The van der Waals surface area contributed by atoms with Crippen molar-refractivity contribution in [3.63, 3.8) is 0 Å². The normalized spacial score (nSPS) is 10.3. The van der Waals surface area contributed by atoms with Gasteiger partial charge in [0.25, 0.3) is 0 Å². The molecule has 1 amide bonds. The van der Waals surface area contributed by atoms with Crippen LogP contribution in [0.4, 0.5) is 11.4 Å². The molecule has 0 saturated heterocycles. The third-order valence-corrected chi connectivity index (χ3v) is 4.48. The van der Waals surface area contributed by atoms with Crippen LogP contribution in [0, 0.1) is 3.57 Å². The number of nitrogens with one attached hydrogen (secondary N) is 2. The van der Waals surface area contributed by atoms with Crippen molar-refractivity contribution in [2.45, 2.75) is 13.5 Å². The molecule has 0 saturated carbocycles. The summed E-state index contributed by atoms with van der Waals surface area (Å²) >= 11 is 9.78. The Kier molecular flexibility index (Phi) is 5.06. The minimum absolute atomic E-state index is 0.0549. The first-order valence-corrected chi connectivity index (χ1v) is 7.93. The van der Waals surface area contributed by atoms with E-state index in [2.05, 4.69) is 33.2 Å². The predicted molar refractivity (Wildman–Crippen MR) is 90.1 cm³/mol. The minimum atomic E-state index is -0.0549. The van der Waals surface area contributed by atoms with Crippen LogP contribution in [0.1, 0.15) is 11.8 Å². The number of hydrogen-bond acceptors (Lipinski definition) is 3. The summed E-state index contributed by atoms with van der Waals surface area (Å²) in [5, 5.41) is 8.87. The number of rotatable bonds is 4. The van der Waals surface area contributed by atoms with Crippen LogP contribution >= 0.6 is 45.5 Å². The fraction of sp³-hybridized carbons (Fsp3) is 0.154. The molecule has 3 nitrogen and oxygen atoms in total. The van der Waals surface area contributed by atoms with E-state index in [1.807, 2.05) is 29.6 Å². The molecule has 0 atom stereocenters. The molecule has 0 spiro atoms. The first-order valence-electron chi connectivity index (χ1n) is 5.59. The third kappa shape index (κ3) is 4.09. The van der Waals surface area contributed by atoms with Crippen molar-refractivity contribution in [2.24, 2.45) is 0 Å². The molecular formula is C13H12ClIN2OS. The molecule has 0 radical (unpaired) electrons. The summed E-state index contributed by atoms with van der Waals surface area (Å²) in [6, 6.07) is 7.63. The van der Waals surface area contributed by atoms with Crippen molar-refractivity contribution in [3.8, 4) is 0 Å². The van der Waals surface area contributed by atoms with Gasteiger partial charge in [-0.25, -0.2) is 0 Å². The van der Waals surface area contributed by atoms with Crippen molar-refractivity contribution in [2.75, 3.05) is 10.6 Å². The summed E-state index contributed by atoms with van der Waals surface area (Å²) in [6.45, 7) is 2.18. The molecule has 1 heterocycles. The summed E-state index contributed by atoms with van der Waals surface area (Å²) in [5.74, 6) is -0.0549.